The molecule has 1 aromatic rings. The van der Waals surface area contributed by atoms with Crippen LogP contribution in [-0.2, 0) is 11.3 Å². The molecule has 1 atom stereocenters. The summed E-state index contributed by atoms with van der Waals surface area (Å²) in [6.07, 6.45) is 2.20. The topological polar surface area (TPSA) is 59.1 Å². The molecular weight excluding hydrogens is 219 g/mol. The normalized spacial score (nSPS) is 12.4. The van der Waals surface area contributed by atoms with Crippen molar-refractivity contribution in [1.29, 1.82) is 5.41 Å². The fourth-order valence-corrected chi connectivity index (χ4v) is 1.65. The SMILES string of the molecule is CCCC(C)OCc1ccc(F)cc1C(=N)N. The van der Waals surface area contributed by atoms with Crippen LogP contribution in [0.4, 0.5) is 4.39 Å². The van der Waals surface area contributed by atoms with Gasteiger partial charge in [-0.25, -0.2) is 4.39 Å². The van der Waals surface area contributed by atoms with Crippen LogP contribution in [0.25, 0.3) is 0 Å². The molecular formula is C13H19FN2O. The van der Waals surface area contributed by atoms with E-state index in [1.165, 1.54) is 12.1 Å². The van der Waals surface area contributed by atoms with Crippen LogP contribution in [0, 0.1) is 11.2 Å². The predicted octanol–water partition coefficient (Wildman–Crippen LogP) is 2.81. The van der Waals surface area contributed by atoms with E-state index >= 15 is 0 Å². The molecule has 0 amide bonds. The molecule has 0 fully saturated rings. The number of hydrogen-bond donors (Lipinski definition) is 2. The van der Waals surface area contributed by atoms with Gasteiger partial charge in [-0.05, 0) is 31.0 Å². The molecule has 1 rings (SSSR count). The van der Waals surface area contributed by atoms with E-state index in [1.807, 2.05) is 6.92 Å². The van der Waals surface area contributed by atoms with Crippen LogP contribution < -0.4 is 5.73 Å². The van der Waals surface area contributed by atoms with Crippen molar-refractivity contribution < 1.29 is 9.13 Å². The van der Waals surface area contributed by atoms with Gasteiger partial charge in [0, 0.05) is 5.56 Å². The summed E-state index contributed by atoms with van der Waals surface area (Å²) in [5.41, 5.74) is 6.57. The van der Waals surface area contributed by atoms with E-state index in [1.54, 1.807) is 6.07 Å². The molecule has 4 heteroatoms. The molecule has 0 spiro atoms. The van der Waals surface area contributed by atoms with Crippen molar-refractivity contribution in [3.63, 3.8) is 0 Å². The summed E-state index contributed by atoms with van der Waals surface area (Å²) in [5, 5.41) is 7.40. The second-order valence-electron chi connectivity index (χ2n) is 4.13. The molecule has 1 aromatic carbocycles. The van der Waals surface area contributed by atoms with E-state index < -0.39 is 0 Å². The van der Waals surface area contributed by atoms with Crippen molar-refractivity contribution >= 4 is 5.84 Å². The zero-order valence-electron chi connectivity index (χ0n) is 10.3. The van der Waals surface area contributed by atoms with Gasteiger partial charge in [-0.15, -0.1) is 0 Å². The molecule has 0 bridgehead atoms. The van der Waals surface area contributed by atoms with Gasteiger partial charge in [-0.1, -0.05) is 19.4 Å². The Kier molecular flexibility index (Phi) is 5.10. The summed E-state index contributed by atoms with van der Waals surface area (Å²) in [6, 6.07) is 4.24. The Labute approximate surface area is 101 Å². The van der Waals surface area contributed by atoms with Crippen molar-refractivity contribution in [3.05, 3.63) is 35.1 Å². The highest BCUT2D eigenvalue weighted by molar-refractivity contribution is 5.96. The second kappa shape index (κ2) is 6.35. The number of nitrogens with one attached hydrogen (secondary N) is 1. The summed E-state index contributed by atoms with van der Waals surface area (Å²) in [7, 11) is 0. The monoisotopic (exact) mass is 238 g/mol. The summed E-state index contributed by atoms with van der Waals surface area (Å²) in [4.78, 5) is 0. The van der Waals surface area contributed by atoms with Gasteiger partial charge in [0.2, 0.25) is 0 Å². The third-order valence-corrected chi connectivity index (χ3v) is 2.58. The fraction of sp³-hybridized carbons (Fsp3) is 0.462. The third kappa shape index (κ3) is 4.15. The van der Waals surface area contributed by atoms with Crippen LogP contribution in [0.15, 0.2) is 18.2 Å². The maximum absolute atomic E-state index is 13.0. The number of ether oxygens (including phenoxy) is 1. The largest absolute Gasteiger partial charge is 0.384 e. The first-order valence-electron chi connectivity index (χ1n) is 5.79. The van der Waals surface area contributed by atoms with Crippen molar-refractivity contribution in [1.82, 2.24) is 0 Å². The summed E-state index contributed by atoms with van der Waals surface area (Å²) < 4.78 is 18.7. The molecule has 17 heavy (non-hydrogen) atoms. The fourth-order valence-electron chi connectivity index (χ4n) is 1.65. The quantitative estimate of drug-likeness (QED) is 0.591. The van der Waals surface area contributed by atoms with Crippen molar-refractivity contribution in [2.45, 2.75) is 39.4 Å². The van der Waals surface area contributed by atoms with Crippen molar-refractivity contribution in [3.8, 4) is 0 Å². The number of nitrogen functional groups attached to an aromatic ring is 1. The first kappa shape index (κ1) is 13.6. The molecule has 0 aliphatic rings. The van der Waals surface area contributed by atoms with Crippen LogP contribution >= 0.6 is 0 Å². The number of amidine groups is 1. The highest BCUT2D eigenvalue weighted by atomic mass is 19.1. The number of nitrogens with two attached hydrogens (primary N) is 1. The minimum Gasteiger partial charge on any atom is -0.384 e. The lowest BCUT2D eigenvalue weighted by Crippen LogP contribution is -2.16. The summed E-state index contributed by atoms with van der Waals surface area (Å²) >= 11 is 0. The number of rotatable bonds is 6. The highest BCUT2D eigenvalue weighted by Gasteiger charge is 2.09. The standard InChI is InChI=1S/C13H19FN2O/c1-3-4-9(2)17-8-10-5-6-11(14)7-12(10)13(15)16/h5-7,9H,3-4,8H2,1-2H3,(H3,15,16). The number of halogens is 1. The molecule has 1 unspecified atom stereocenters. The van der Waals surface area contributed by atoms with Gasteiger partial charge in [0.15, 0.2) is 0 Å². The first-order chi connectivity index (χ1) is 8.04. The average molecular weight is 238 g/mol. The minimum absolute atomic E-state index is 0.133. The van der Waals surface area contributed by atoms with E-state index in [0.29, 0.717) is 12.2 Å². The van der Waals surface area contributed by atoms with E-state index in [4.69, 9.17) is 15.9 Å². The Morgan fingerprint density at radius 1 is 1.53 bits per heavy atom. The van der Waals surface area contributed by atoms with Gasteiger partial charge in [-0.3, -0.25) is 5.41 Å². The Hall–Kier alpha value is -1.42. The smallest absolute Gasteiger partial charge is 0.123 e. The van der Waals surface area contributed by atoms with Gasteiger partial charge >= 0.3 is 0 Å². The average Bonchev–Trinajstić information content (AvgIpc) is 2.27. The maximum atomic E-state index is 13.0. The first-order valence-corrected chi connectivity index (χ1v) is 5.79. The zero-order chi connectivity index (χ0) is 12.8. The number of benzene rings is 1. The molecule has 0 aromatic heterocycles. The van der Waals surface area contributed by atoms with E-state index in [0.717, 1.165) is 18.4 Å². The molecule has 0 aliphatic heterocycles. The van der Waals surface area contributed by atoms with Crippen LogP contribution in [-0.4, -0.2) is 11.9 Å². The van der Waals surface area contributed by atoms with Crippen LogP contribution in [0.5, 0.6) is 0 Å². The Morgan fingerprint density at radius 2 is 2.24 bits per heavy atom. The third-order valence-electron chi connectivity index (χ3n) is 2.58. The van der Waals surface area contributed by atoms with Gasteiger partial charge in [0.05, 0.1) is 12.7 Å². The second-order valence-corrected chi connectivity index (χ2v) is 4.13. The molecule has 0 heterocycles. The van der Waals surface area contributed by atoms with E-state index in [2.05, 4.69) is 6.92 Å². The van der Waals surface area contributed by atoms with Crippen LogP contribution in [0.2, 0.25) is 0 Å². The van der Waals surface area contributed by atoms with Gasteiger partial charge in [-0.2, -0.15) is 0 Å². The van der Waals surface area contributed by atoms with E-state index in [-0.39, 0.29) is 17.8 Å². The lowest BCUT2D eigenvalue weighted by molar-refractivity contribution is 0.0471. The molecule has 0 saturated carbocycles. The molecule has 94 valence electrons. The predicted molar refractivity (Wildman–Crippen MR) is 66.6 cm³/mol. The van der Waals surface area contributed by atoms with Gasteiger partial charge < -0.3 is 10.5 Å². The van der Waals surface area contributed by atoms with Gasteiger partial charge in [0.25, 0.3) is 0 Å². The zero-order valence-corrected chi connectivity index (χ0v) is 10.3. The van der Waals surface area contributed by atoms with Crippen LogP contribution in [0.1, 0.15) is 37.8 Å². The summed E-state index contributed by atoms with van der Waals surface area (Å²) in [5.74, 6) is -0.521. The Morgan fingerprint density at radius 3 is 2.82 bits per heavy atom. The molecule has 3 nitrogen and oxygen atoms in total. The molecule has 0 saturated heterocycles. The Bertz CT molecular complexity index is 393. The van der Waals surface area contributed by atoms with Crippen molar-refractivity contribution in [2.75, 3.05) is 0 Å². The van der Waals surface area contributed by atoms with Crippen LogP contribution in [0.3, 0.4) is 0 Å². The highest BCUT2D eigenvalue weighted by Crippen LogP contribution is 2.14. The lowest BCUT2D eigenvalue weighted by Gasteiger charge is -2.14. The summed E-state index contributed by atoms with van der Waals surface area (Å²) in [6.45, 7) is 4.45. The maximum Gasteiger partial charge on any atom is 0.123 e. The lowest BCUT2D eigenvalue weighted by atomic mass is 10.1. The molecule has 0 aliphatic carbocycles. The minimum atomic E-state index is -0.388. The van der Waals surface area contributed by atoms with Crippen molar-refractivity contribution in [2.24, 2.45) is 5.73 Å². The van der Waals surface area contributed by atoms with E-state index in [9.17, 15) is 4.39 Å². The Balaban J connectivity index is 2.73. The number of hydrogen-bond acceptors (Lipinski definition) is 2. The van der Waals surface area contributed by atoms with Gasteiger partial charge in [0.1, 0.15) is 11.7 Å². The molecule has 3 N–H and O–H groups in total. The molecule has 0 radical (unpaired) electrons.